The largest absolute Gasteiger partial charge is 0.492 e. The van der Waals surface area contributed by atoms with Crippen molar-refractivity contribution in [3.05, 3.63) is 29.6 Å². The second-order valence-corrected chi connectivity index (χ2v) is 4.32. The maximum Gasteiger partial charge on any atom is 0.129 e. The lowest BCUT2D eigenvalue weighted by atomic mass is 10.2. The van der Waals surface area contributed by atoms with Gasteiger partial charge in [-0.2, -0.15) is 0 Å². The van der Waals surface area contributed by atoms with Crippen LogP contribution in [-0.4, -0.2) is 36.1 Å². The topological polar surface area (TPSA) is 38.5 Å². The average Bonchev–Trinajstić information content (AvgIpc) is 2.36. The first kappa shape index (κ1) is 14.9. The number of nitrogens with zero attached hydrogens (tertiary/aromatic N) is 1. The second kappa shape index (κ2) is 7.28. The Hall–Kier alpha value is -1.20. The summed E-state index contributed by atoms with van der Waals surface area (Å²) in [5.74, 6) is 0.171. The highest BCUT2D eigenvalue weighted by Gasteiger charge is 2.08. The summed E-state index contributed by atoms with van der Waals surface area (Å²) in [4.78, 5) is 2.39. The summed E-state index contributed by atoms with van der Waals surface area (Å²) in [5.41, 5.74) is 5.99. The maximum absolute atomic E-state index is 13.1. The Morgan fingerprint density at radius 2 is 2.06 bits per heavy atom. The van der Waals surface area contributed by atoms with Crippen molar-refractivity contribution in [3.8, 4) is 5.75 Å². The maximum atomic E-state index is 13.1. The Balaban J connectivity index is 2.64. The Morgan fingerprint density at radius 3 is 2.61 bits per heavy atom. The zero-order chi connectivity index (χ0) is 13.5. The van der Waals surface area contributed by atoms with E-state index in [1.54, 1.807) is 6.07 Å². The lowest BCUT2D eigenvalue weighted by Crippen LogP contribution is -2.28. The second-order valence-electron chi connectivity index (χ2n) is 3.88. The Morgan fingerprint density at radius 1 is 1.39 bits per heavy atom. The van der Waals surface area contributed by atoms with Gasteiger partial charge in [-0.05, 0) is 31.3 Å². The average molecular weight is 270 g/mol. The quantitative estimate of drug-likeness (QED) is 0.771. The molecule has 0 aliphatic heterocycles. The predicted molar refractivity (Wildman–Crippen MR) is 75.6 cm³/mol. The molecule has 100 valence electrons. The summed E-state index contributed by atoms with van der Waals surface area (Å²) in [5, 5.41) is 0. The minimum Gasteiger partial charge on any atom is -0.492 e. The van der Waals surface area contributed by atoms with Crippen molar-refractivity contribution in [1.82, 2.24) is 4.90 Å². The molecule has 5 heteroatoms. The van der Waals surface area contributed by atoms with Crippen molar-refractivity contribution >= 4 is 17.2 Å². The van der Waals surface area contributed by atoms with Crippen molar-refractivity contribution in [3.63, 3.8) is 0 Å². The molecule has 2 N–H and O–H groups in total. The molecular weight excluding hydrogens is 251 g/mol. The molecular formula is C13H19FN2OS. The smallest absolute Gasteiger partial charge is 0.129 e. The third kappa shape index (κ3) is 4.23. The molecule has 1 rings (SSSR count). The third-order valence-electron chi connectivity index (χ3n) is 2.77. The molecule has 0 spiro atoms. The van der Waals surface area contributed by atoms with E-state index in [0.29, 0.717) is 17.9 Å². The van der Waals surface area contributed by atoms with E-state index < -0.39 is 0 Å². The highest BCUT2D eigenvalue weighted by Crippen LogP contribution is 2.19. The number of halogens is 1. The van der Waals surface area contributed by atoms with E-state index in [4.69, 9.17) is 22.7 Å². The summed E-state index contributed by atoms with van der Waals surface area (Å²) in [6.45, 7) is 7.50. The van der Waals surface area contributed by atoms with E-state index in [-0.39, 0.29) is 10.8 Å². The first-order valence-electron chi connectivity index (χ1n) is 6.03. The molecule has 3 nitrogen and oxygen atoms in total. The molecule has 0 aliphatic rings. The molecule has 1 aromatic rings. The SMILES string of the molecule is CCN(CC)CCOc1ccc(F)cc1C(N)=S. The van der Waals surface area contributed by atoms with Crippen LogP contribution in [0.5, 0.6) is 5.75 Å². The fourth-order valence-electron chi connectivity index (χ4n) is 1.65. The highest BCUT2D eigenvalue weighted by molar-refractivity contribution is 7.80. The van der Waals surface area contributed by atoms with E-state index in [2.05, 4.69) is 18.7 Å². The molecule has 1 aromatic carbocycles. The van der Waals surface area contributed by atoms with Crippen molar-refractivity contribution in [2.24, 2.45) is 5.73 Å². The van der Waals surface area contributed by atoms with Gasteiger partial charge in [-0.15, -0.1) is 0 Å². The van der Waals surface area contributed by atoms with E-state index in [9.17, 15) is 4.39 Å². The van der Waals surface area contributed by atoms with Gasteiger partial charge in [0, 0.05) is 6.54 Å². The van der Waals surface area contributed by atoms with E-state index in [1.807, 2.05) is 0 Å². The number of likely N-dealkylation sites (N-methyl/N-ethyl adjacent to an activating group) is 1. The summed E-state index contributed by atoms with van der Waals surface area (Å²) < 4.78 is 18.7. The molecule has 0 unspecified atom stereocenters. The Labute approximate surface area is 113 Å². The number of nitrogens with two attached hydrogens (primary N) is 1. The molecule has 0 saturated carbocycles. The lowest BCUT2D eigenvalue weighted by Gasteiger charge is -2.18. The normalized spacial score (nSPS) is 10.7. The fraction of sp³-hybridized carbons (Fsp3) is 0.462. The van der Waals surface area contributed by atoms with Crippen LogP contribution in [0.4, 0.5) is 4.39 Å². The fourth-order valence-corrected chi connectivity index (χ4v) is 1.80. The molecule has 0 amide bonds. The number of rotatable bonds is 7. The molecule has 0 radical (unpaired) electrons. The highest BCUT2D eigenvalue weighted by atomic mass is 32.1. The summed E-state index contributed by atoms with van der Waals surface area (Å²) in [6, 6.07) is 4.20. The number of hydrogen-bond acceptors (Lipinski definition) is 3. The standard InChI is InChI=1S/C13H19FN2OS/c1-3-16(4-2)7-8-17-12-6-5-10(14)9-11(12)13(15)18/h5-6,9H,3-4,7-8H2,1-2H3,(H2,15,18). The minimum atomic E-state index is -0.367. The van der Waals surface area contributed by atoms with Crippen LogP contribution in [-0.2, 0) is 0 Å². The zero-order valence-corrected chi connectivity index (χ0v) is 11.6. The summed E-state index contributed by atoms with van der Waals surface area (Å²) in [7, 11) is 0. The number of ether oxygens (including phenoxy) is 1. The molecule has 0 saturated heterocycles. The van der Waals surface area contributed by atoms with Gasteiger partial charge < -0.3 is 15.4 Å². The van der Waals surface area contributed by atoms with Crippen molar-refractivity contribution < 1.29 is 9.13 Å². The number of thiocarbonyl (C=S) groups is 1. The molecule has 18 heavy (non-hydrogen) atoms. The Bertz CT molecular complexity index is 408. The molecule has 0 fully saturated rings. The summed E-state index contributed by atoms with van der Waals surface area (Å²) >= 11 is 4.88. The molecule has 0 atom stereocenters. The monoisotopic (exact) mass is 270 g/mol. The van der Waals surface area contributed by atoms with Gasteiger partial charge >= 0.3 is 0 Å². The van der Waals surface area contributed by atoms with Crippen LogP contribution >= 0.6 is 12.2 Å². The van der Waals surface area contributed by atoms with E-state index in [0.717, 1.165) is 19.6 Å². The van der Waals surface area contributed by atoms with Crippen LogP contribution in [0, 0.1) is 5.82 Å². The van der Waals surface area contributed by atoms with Gasteiger partial charge in [-0.25, -0.2) is 4.39 Å². The molecule has 0 aliphatic carbocycles. The first-order chi connectivity index (χ1) is 8.58. The zero-order valence-electron chi connectivity index (χ0n) is 10.8. The molecule has 0 bridgehead atoms. The van der Waals surface area contributed by atoms with E-state index >= 15 is 0 Å². The van der Waals surface area contributed by atoms with Crippen LogP contribution < -0.4 is 10.5 Å². The van der Waals surface area contributed by atoms with Gasteiger partial charge in [0.1, 0.15) is 23.2 Å². The summed E-state index contributed by atoms with van der Waals surface area (Å²) in [6.07, 6.45) is 0. The molecule has 0 aromatic heterocycles. The first-order valence-corrected chi connectivity index (χ1v) is 6.43. The van der Waals surface area contributed by atoms with Gasteiger partial charge in [0.15, 0.2) is 0 Å². The minimum absolute atomic E-state index is 0.146. The Kier molecular flexibility index (Phi) is 6.01. The van der Waals surface area contributed by atoms with Gasteiger partial charge in [-0.1, -0.05) is 26.1 Å². The van der Waals surface area contributed by atoms with Gasteiger partial charge in [0.25, 0.3) is 0 Å². The van der Waals surface area contributed by atoms with E-state index in [1.165, 1.54) is 12.1 Å². The predicted octanol–water partition coefficient (Wildman–Crippen LogP) is 2.18. The lowest BCUT2D eigenvalue weighted by molar-refractivity contribution is 0.222. The number of benzene rings is 1. The third-order valence-corrected chi connectivity index (χ3v) is 2.99. The van der Waals surface area contributed by atoms with Gasteiger partial charge in [0.2, 0.25) is 0 Å². The van der Waals surface area contributed by atoms with Crippen LogP contribution in [0.25, 0.3) is 0 Å². The van der Waals surface area contributed by atoms with Crippen molar-refractivity contribution in [2.75, 3.05) is 26.2 Å². The van der Waals surface area contributed by atoms with Crippen molar-refractivity contribution in [1.29, 1.82) is 0 Å². The van der Waals surface area contributed by atoms with Crippen LogP contribution in [0.1, 0.15) is 19.4 Å². The molecule has 0 heterocycles. The van der Waals surface area contributed by atoms with Crippen LogP contribution in [0.3, 0.4) is 0 Å². The van der Waals surface area contributed by atoms with Crippen LogP contribution in [0.2, 0.25) is 0 Å². The van der Waals surface area contributed by atoms with Gasteiger partial charge in [-0.3, -0.25) is 0 Å². The van der Waals surface area contributed by atoms with Crippen LogP contribution in [0.15, 0.2) is 18.2 Å². The van der Waals surface area contributed by atoms with Crippen molar-refractivity contribution in [2.45, 2.75) is 13.8 Å². The number of hydrogen-bond donors (Lipinski definition) is 1. The van der Waals surface area contributed by atoms with Gasteiger partial charge in [0.05, 0.1) is 5.56 Å².